The number of para-hydroxylation sites is 2. The number of benzene rings is 8. The van der Waals surface area contributed by atoms with Crippen LogP contribution in [0.15, 0.2) is 236 Å². The van der Waals surface area contributed by atoms with Crippen molar-refractivity contribution in [2.45, 2.75) is 20.8 Å². The number of rotatable bonds is 12. The summed E-state index contributed by atoms with van der Waals surface area (Å²) in [6.07, 6.45) is 18.6. The number of fused-ring (bicyclic) bond motifs is 9. The second-order valence-electron chi connectivity index (χ2n) is 19.4. The summed E-state index contributed by atoms with van der Waals surface area (Å²) in [6, 6.07) is 58.9. The van der Waals surface area contributed by atoms with Gasteiger partial charge in [-0.1, -0.05) is 12.2 Å². The molecule has 374 valence electrons. The number of hydrogen-bond donors (Lipinski definition) is 0. The molecule has 0 spiro atoms. The predicted octanol–water partition coefficient (Wildman–Crippen LogP) is 15.9. The molecular formula is C69H50N9Tl. The van der Waals surface area contributed by atoms with Gasteiger partial charge in [0.15, 0.2) is 0 Å². The van der Waals surface area contributed by atoms with Gasteiger partial charge in [-0.25, -0.2) is 0 Å². The Morgan fingerprint density at radius 1 is 0.430 bits per heavy atom. The Bertz CT molecular complexity index is 4680. The standard InChI is InChI=1S/C69H50N9.Tl/c1-6-8-33-70-45(4)48-25-29-60-54(40-48)56-42-50(68-72-35-17-36-73-68)27-31-61(56)77(60)66-44(3)39-64(76-58-23-15-13-21-52(58)53-22-14-16-24-59(53)76)67(65(66)47-19-11-10-12-20-47)78-62-30-26-49(46(5)71-34-9-7-2)41-55(62)57-43-51(28-32-63(57)78)69-74-37-18-38-75-69;/h6-38,40-43H,4-5H2,1-3H3;/b8-6-,9-7-,70-33?,71-34?;. The molecule has 5 heterocycles. The number of aliphatic imine (C=N–C) groups is 2. The van der Waals surface area contributed by atoms with Crippen LogP contribution in [0, 0.1) is 6.92 Å². The van der Waals surface area contributed by atoms with Gasteiger partial charge in [-0.05, 0) is 13.8 Å². The Hall–Kier alpha value is -9.46. The van der Waals surface area contributed by atoms with Crippen LogP contribution in [0.5, 0.6) is 0 Å². The summed E-state index contributed by atoms with van der Waals surface area (Å²) in [4.78, 5) is 28.4. The van der Waals surface area contributed by atoms with E-state index in [9.17, 15) is 0 Å². The first kappa shape index (κ1) is 49.1. The summed E-state index contributed by atoms with van der Waals surface area (Å²) in [6.45, 7) is 15.2. The van der Waals surface area contributed by atoms with Gasteiger partial charge < -0.3 is 0 Å². The van der Waals surface area contributed by atoms with Crippen LogP contribution in [0.25, 0.3) is 128 Å². The molecule has 0 saturated heterocycles. The second-order valence-corrected chi connectivity index (χ2v) is 21.7. The van der Waals surface area contributed by atoms with Crippen LogP contribution in [0.3, 0.4) is 0 Å². The van der Waals surface area contributed by atoms with Crippen molar-refractivity contribution >= 4 is 118 Å². The maximum atomic E-state index is 4.77. The zero-order valence-electron chi connectivity index (χ0n) is 43.9. The molecule has 0 bridgehead atoms. The summed E-state index contributed by atoms with van der Waals surface area (Å²) in [5.41, 5.74) is 18.1. The average molecular weight is 1210 g/mol. The molecule has 0 N–H and O–H groups in total. The van der Waals surface area contributed by atoms with Crippen LogP contribution in [-0.2, 0) is 0 Å². The zero-order valence-corrected chi connectivity index (χ0v) is 48.4. The molecule has 0 saturated carbocycles. The van der Waals surface area contributed by atoms with Gasteiger partial charge in [-0.3, -0.25) is 0 Å². The van der Waals surface area contributed by atoms with E-state index in [2.05, 4.69) is 185 Å². The topological polar surface area (TPSA) is 91.1 Å². The van der Waals surface area contributed by atoms with Gasteiger partial charge in [0.25, 0.3) is 0 Å². The molecule has 0 atom stereocenters. The molecule has 0 amide bonds. The van der Waals surface area contributed by atoms with Crippen molar-refractivity contribution in [3.05, 3.63) is 243 Å². The molecule has 0 radical (unpaired) electrons. The van der Waals surface area contributed by atoms with E-state index in [1.807, 2.05) is 50.3 Å². The van der Waals surface area contributed by atoms with Crippen molar-refractivity contribution in [3.63, 3.8) is 0 Å². The van der Waals surface area contributed by atoms with Crippen molar-refractivity contribution in [1.82, 2.24) is 33.6 Å². The van der Waals surface area contributed by atoms with Crippen molar-refractivity contribution in [1.29, 1.82) is 0 Å². The van der Waals surface area contributed by atoms with Crippen LogP contribution in [0.4, 0.5) is 0 Å². The van der Waals surface area contributed by atoms with E-state index in [0.717, 1.165) is 105 Å². The molecule has 0 unspecified atom stereocenters. The molecule has 9 nitrogen and oxygen atoms in total. The molecule has 8 aromatic carbocycles. The van der Waals surface area contributed by atoms with Crippen LogP contribution < -0.4 is 3.12 Å². The van der Waals surface area contributed by atoms with Crippen LogP contribution >= 0.6 is 0 Å². The number of hydrogen-bond acceptors (Lipinski definition) is 6. The van der Waals surface area contributed by atoms with Gasteiger partial charge in [0.1, 0.15) is 0 Å². The minimum atomic E-state index is 0.363. The number of allylic oxidation sites excluding steroid dienone is 4. The molecule has 0 aliphatic heterocycles. The third-order valence-electron chi connectivity index (χ3n) is 14.9. The van der Waals surface area contributed by atoms with E-state index < -0.39 is 0 Å². The van der Waals surface area contributed by atoms with Crippen LogP contribution in [0.2, 0.25) is 0 Å². The van der Waals surface area contributed by atoms with Gasteiger partial charge in [-0.15, -0.1) is 0 Å². The maximum absolute atomic E-state index is 4.77. The first-order valence-electron chi connectivity index (χ1n) is 26.2. The average Bonchev–Trinajstić information content (AvgIpc) is 4.21. The van der Waals surface area contributed by atoms with Gasteiger partial charge in [0.2, 0.25) is 0 Å². The van der Waals surface area contributed by atoms with E-state index in [-0.39, 0.29) is 0 Å². The normalized spacial score (nSPS) is 12.2. The molecule has 13 rings (SSSR count). The monoisotopic (exact) mass is 1210 g/mol. The minimum absolute atomic E-state index is 0.363. The summed E-state index contributed by atoms with van der Waals surface area (Å²) in [5.74, 6) is 1.32. The molecule has 0 aliphatic rings. The molecule has 0 fully saturated rings. The summed E-state index contributed by atoms with van der Waals surface area (Å²) in [5, 5.41) is 6.62. The molecule has 10 heteroatoms. The first-order valence-corrected chi connectivity index (χ1v) is 28.5. The van der Waals surface area contributed by atoms with Gasteiger partial charge in [0.05, 0.1) is 0 Å². The first-order chi connectivity index (χ1) is 38.8. The quantitative estimate of drug-likeness (QED) is 0.0900. The van der Waals surface area contributed by atoms with Gasteiger partial charge in [0, 0.05) is 0 Å². The summed E-state index contributed by atoms with van der Waals surface area (Å²) in [7, 11) is 0. The number of aromatic nitrogens is 7. The third-order valence-corrected chi connectivity index (χ3v) is 17.6. The van der Waals surface area contributed by atoms with E-state index in [4.69, 9.17) is 29.9 Å². The van der Waals surface area contributed by atoms with Crippen molar-refractivity contribution in [2.24, 2.45) is 9.98 Å². The SMILES string of the molecule is C=C(N=C/C=C\C)c1ccc2c(c1)c1cc(-c3ncccn3)ccc1n2-c1c(C)[c]([Tl])c(-n2c3ccccc3c3ccccc32)c(-n2c3ccc(C(=C)N=C/C=C\C)cc3c3cc(-c4ncccn4)ccc32)c1-c1ccccc1. The van der Waals surface area contributed by atoms with E-state index >= 15 is 0 Å². The van der Waals surface area contributed by atoms with Gasteiger partial charge >= 0.3 is 450 Å². The number of nitrogens with zero attached hydrogens (tertiary/aromatic N) is 9. The second kappa shape index (κ2) is 20.5. The van der Waals surface area contributed by atoms with Gasteiger partial charge in [-0.2, -0.15) is 0 Å². The molecule has 13 aromatic rings. The molecule has 79 heavy (non-hydrogen) atoms. The molecule has 0 aliphatic carbocycles. The fourth-order valence-electron chi connectivity index (χ4n) is 11.3. The third kappa shape index (κ3) is 8.36. The Kier molecular flexibility index (Phi) is 12.7. The van der Waals surface area contributed by atoms with E-state index in [1.54, 1.807) is 37.2 Å². The fourth-order valence-corrected chi connectivity index (χ4v) is 12.8. The van der Waals surface area contributed by atoms with E-state index in [0.29, 0.717) is 48.8 Å². The zero-order chi connectivity index (χ0) is 53.7. The van der Waals surface area contributed by atoms with Crippen LogP contribution in [-0.4, -0.2) is 71.8 Å². The van der Waals surface area contributed by atoms with Crippen LogP contribution in [0.1, 0.15) is 30.5 Å². The predicted molar refractivity (Wildman–Crippen MR) is 332 cm³/mol. The van der Waals surface area contributed by atoms with E-state index in [1.165, 1.54) is 19.5 Å². The Balaban J connectivity index is 1.23. The van der Waals surface area contributed by atoms with Crippen molar-refractivity contribution < 1.29 is 0 Å². The Morgan fingerprint density at radius 2 is 0.835 bits per heavy atom. The summed E-state index contributed by atoms with van der Waals surface area (Å²) < 4.78 is 8.85. The summed E-state index contributed by atoms with van der Waals surface area (Å²) >= 11 is 0.363. The Labute approximate surface area is 473 Å². The van der Waals surface area contributed by atoms with Crippen molar-refractivity contribution in [3.8, 4) is 51.0 Å². The molecule has 5 aromatic heterocycles. The molecular weight excluding hydrogens is 1160 g/mol. The fraction of sp³-hybridized carbons (Fsp3) is 0.0435. The Morgan fingerprint density at radius 3 is 1.32 bits per heavy atom. The van der Waals surface area contributed by atoms with Crippen molar-refractivity contribution in [2.75, 3.05) is 0 Å².